The van der Waals surface area contributed by atoms with Gasteiger partial charge in [0.1, 0.15) is 0 Å². The fourth-order valence-corrected chi connectivity index (χ4v) is 2.48. The lowest BCUT2D eigenvalue weighted by atomic mass is 10.2. The van der Waals surface area contributed by atoms with Crippen molar-refractivity contribution < 1.29 is 27.7 Å². The van der Waals surface area contributed by atoms with Gasteiger partial charge in [-0.05, 0) is 30.3 Å². The van der Waals surface area contributed by atoms with Gasteiger partial charge in [-0.3, -0.25) is 19.7 Å². The van der Waals surface area contributed by atoms with E-state index in [9.17, 15) is 32.9 Å². The van der Waals surface area contributed by atoms with Gasteiger partial charge in [0.2, 0.25) is 5.91 Å². The van der Waals surface area contributed by atoms with Crippen LogP contribution in [0.25, 0.3) is 0 Å². The largest absolute Gasteiger partial charge is 0.417 e. The second kappa shape index (κ2) is 8.26. The Morgan fingerprint density at radius 3 is 2.32 bits per heavy atom. The molecule has 0 bridgehead atoms. The number of nitrogens with zero attached hydrogens (tertiary/aromatic N) is 2. The van der Waals surface area contributed by atoms with Crippen LogP contribution >= 0.6 is 11.6 Å². The Bertz CT molecular complexity index is 917. The Morgan fingerprint density at radius 2 is 1.79 bits per heavy atom. The highest BCUT2D eigenvalue weighted by Gasteiger charge is 2.33. The van der Waals surface area contributed by atoms with Crippen molar-refractivity contribution in [2.75, 3.05) is 18.9 Å². The molecule has 0 radical (unpaired) electrons. The minimum absolute atomic E-state index is 0.117. The van der Waals surface area contributed by atoms with Crippen molar-refractivity contribution in [3.05, 3.63) is 68.7 Å². The van der Waals surface area contributed by atoms with E-state index in [0.717, 1.165) is 23.1 Å². The summed E-state index contributed by atoms with van der Waals surface area (Å²) in [4.78, 5) is 35.3. The number of nitrogens with one attached hydrogen (secondary N) is 1. The third kappa shape index (κ3) is 5.19. The van der Waals surface area contributed by atoms with Gasteiger partial charge in [0, 0.05) is 30.4 Å². The molecule has 0 aromatic heterocycles. The quantitative estimate of drug-likeness (QED) is 0.590. The number of amides is 2. The fraction of sp³-hybridized carbons (Fsp3) is 0.176. The number of rotatable bonds is 5. The maximum atomic E-state index is 12.9. The molecule has 0 aliphatic rings. The van der Waals surface area contributed by atoms with Crippen molar-refractivity contribution >= 4 is 34.8 Å². The first-order valence-electron chi connectivity index (χ1n) is 7.65. The van der Waals surface area contributed by atoms with Crippen molar-refractivity contribution in [3.63, 3.8) is 0 Å². The minimum Gasteiger partial charge on any atom is -0.332 e. The average Bonchev–Trinajstić information content (AvgIpc) is 2.61. The molecule has 2 amide bonds. The van der Waals surface area contributed by atoms with E-state index in [1.54, 1.807) is 0 Å². The van der Waals surface area contributed by atoms with Crippen LogP contribution in [-0.4, -0.2) is 35.2 Å². The van der Waals surface area contributed by atoms with Crippen LogP contribution in [0.2, 0.25) is 5.02 Å². The summed E-state index contributed by atoms with van der Waals surface area (Å²) in [7, 11) is 1.31. The van der Waals surface area contributed by atoms with Crippen molar-refractivity contribution in [3.8, 4) is 0 Å². The van der Waals surface area contributed by atoms with Crippen molar-refractivity contribution in [1.29, 1.82) is 0 Å². The molecule has 2 aromatic carbocycles. The summed E-state index contributed by atoms with van der Waals surface area (Å²) in [6.45, 7) is -0.445. The van der Waals surface area contributed by atoms with Crippen molar-refractivity contribution in [1.82, 2.24) is 4.90 Å². The number of nitro benzene ring substituents is 1. The lowest BCUT2D eigenvalue weighted by Gasteiger charge is -2.17. The second-order valence-corrected chi connectivity index (χ2v) is 6.11. The van der Waals surface area contributed by atoms with Gasteiger partial charge < -0.3 is 10.2 Å². The van der Waals surface area contributed by atoms with E-state index in [4.69, 9.17) is 11.6 Å². The number of hydrogen-bond donors (Lipinski definition) is 1. The molecule has 0 spiro atoms. The first kappa shape index (κ1) is 21.2. The van der Waals surface area contributed by atoms with Gasteiger partial charge in [0.25, 0.3) is 11.6 Å². The number of hydrogen-bond acceptors (Lipinski definition) is 4. The average molecular weight is 416 g/mol. The summed E-state index contributed by atoms with van der Waals surface area (Å²) in [5.41, 5.74) is -1.30. The van der Waals surface area contributed by atoms with E-state index in [-0.39, 0.29) is 16.9 Å². The molecule has 28 heavy (non-hydrogen) atoms. The van der Waals surface area contributed by atoms with E-state index < -0.39 is 40.0 Å². The van der Waals surface area contributed by atoms with Crippen LogP contribution in [0.4, 0.5) is 24.5 Å². The number of non-ortho nitro benzene ring substituents is 1. The molecular formula is C17H13ClF3N3O4. The first-order valence-corrected chi connectivity index (χ1v) is 8.03. The van der Waals surface area contributed by atoms with Crippen LogP contribution in [0.15, 0.2) is 42.5 Å². The molecular weight excluding hydrogens is 403 g/mol. The van der Waals surface area contributed by atoms with Crippen LogP contribution in [0.5, 0.6) is 0 Å². The number of carbonyl (C=O) groups excluding carboxylic acids is 2. The third-order valence-corrected chi connectivity index (χ3v) is 3.94. The number of anilines is 1. The van der Waals surface area contributed by atoms with Crippen molar-refractivity contribution in [2.24, 2.45) is 0 Å². The molecule has 0 atom stereocenters. The summed E-state index contributed by atoms with van der Waals surface area (Å²) < 4.78 is 38.6. The zero-order chi connectivity index (χ0) is 21.1. The number of carbonyl (C=O) groups is 2. The van der Waals surface area contributed by atoms with E-state index in [1.807, 2.05) is 0 Å². The minimum atomic E-state index is -4.68. The summed E-state index contributed by atoms with van der Waals surface area (Å²) in [6.07, 6.45) is -4.68. The van der Waals surface area contributed by atoms with Crippen molar-refractivity contribution in [2.45, 2.75) is 6.18 Å². The second-order valence-electron chi connectivity index (χ2n) is 5.71. The lowest BCUT2D eigenvalue weighted by molar-refractivity contribution is -0.384. The lowest BCUT2D eigenvalue weighted by Crippen LogP contribution is -2.35. The predicted molar refractivity (Wildman–Crippen MR) is 95.1 cm³/mol. The Morgan fingerprint density at radius 1 is 1.18 bits per heavy atom. The Labute approximate surface area is 161 Å². The van der Waals surface area contributed by atoms with Gasteiger partial charge in [0.05, 0.1) is 22.1 Å². The van der Waals surface area contributed by atoms with Crippen LogP contribution in [0.3, 0.4) is 0 Å². The SMILES string of the molecule is CN(CC(=O)Nc1ccc(Cl)c(C(F)(F)F)c1)C(=O)c1ccc([N+](=O)[O-])cc1. The molecule has 0 aliphatic carbocycles. The number of benzene rings is 2. The summed E-state index contributed by atoms with van der Waals surface area (Å²) >= 11 is 5.51. The summed E-state index contributed by atoms with van der Waals surface area (Å²) in [5.74, 6) is -1.31. The van der Waals surface area contributed by atoms with Gasteiger partial charge in [-0.1, -0.05) is 11.6 Å². The molecule has 2 aromatic rings. The Balaban J connectivity index is 2.04. The zero-order valence-corrected chi connectivity index (χ0v) is 15.0. The van der Waals surface area contributed by atoms with Crippen LogP contribution in [-0.2, 0) is 11.0 Å². The molecule has 148 valence electrons. The molecule has 0 heterocycles. The molecule has 0 unspecified atom stereocenters. The van der Waals surface area contributed by atoms with Crippen LogP contribution in [0.1, 0.15) is 15.9 Å². The molecule has 11 heteroatoms. The number of likely N-dealkylation sites (N-methyl/N-ethyl adjacent to an activating group) is 1. The number of nitro groups is 1. The van der Waals surface area contributed by atoms with Crippen LogP contribution in [0, 0.1) is 10.1 Å². The standard InChI is InChI=1S/C17H13ClF3N3O4/c1-23(16(26)10-2-5-12(6-3-10)24(27)28)9-15(25)22-11-4-7-14(18)13(8-11)17(19,20)21/h2-8H,9H2,1H3,(H,22,25). The normalized spacial score (nSPS) is 11.0. The first-order chi connectivity index (χ1) is 13.0. The Kier molecular flexibility index (Phi) is 6.24. The molecule has 7 nitrogen and oxygen atoms in total. The highest BCUT2D eigenvalue weighted by atomic mass is 35.5. The third-order valence-electron chi connectivity index (χ3n) is 3.61. The topological polar surface area (TPSA) is 92.6 Å². The zero-order valence-electron chi connectivity index (χ0n) is 14.3. The van der Waals surface area contributed by atoms with E-state index in [0.29, 0.717) is 6.07 Å². The van der Waals surface area contributed by atoms with E-state index in [1.165, 1.54) is 25.2 Å². The number of alkyl halides is 3. The van der Waals surface area contributed by atoms with Crippen LogP contribution < -0.4 is 5.32 Å². The maximum Gasteiger partial charge on any atom is 0.417 e. The fourth-order valence-electron chi connectivity index (χ4n) is 2.25. The maximum absolute atomic E-state index is 12.9. The van der Waals surface area contributed by atoms with E-state index in [2.05, 4.69) is 5.32 Å². The van der Waals surface area contributed by atoms with E-state index >= 15 is 0 Å². The monoisotopic (exact) mass is 415 g/mol. The highest BCUT2D eigenvalue weighted by Crippen LogP contribution is 2.36. The Hall–Kier alpha value is -3.14. The number of halogens is 4. The molecule has 0 saturated heterocycles. The highest BCUT2D eigenvalue weighted by molar-refractivity contribution is 6.31. The molecule has 1 N–H and O–H groups in total. The van der Waals surface area contributed by atoms with Gasteiger partial charge in [-0.15, -0.1) is 0 Å². The predicted octanol–water partition coefficient (Wildman–Crippen LogP) is 3.98. The molecule has 0 saturated carbocycles. The van der Waals surface area contributed by atoms with Gasteiger partial charge in [0.15, 0.2) is 0 Å². The summed E-state index contributed by atoms with van der Waals surface area (Å²) in [5, 5.41) is 12.4. The van der Waals surface area contributed by atoms with Gasteiger partial charge in [-0.25, -0.2) is 0 Å². The molecule has 0 aliphatic heterocycles. The summed E-state index contributed by atoms with van der Waals surface area (Å²) in [6, 6.07) is 7.67. The van der Waals surface area contributed by atoms with Gasteiger partial charge >= 0.3 is 6.18 Å². The smallest absolute Gasteiger partial charge is 0.332 e. The molecule has 2 rings (SSSR count). The molecule has 0 fully saturated rings. The van der Waals surface area contributed by atoms with Gasteiger partial charge in [-0.2, -0.15) is 13.2 Å².